The van der Waals surface area contributed by atoms with Crippen LogP contribution in [0, 0.1) is 11.8 Å². The number of nitrogens with two attached hydrogens (primary N) is 1. The highest BCUT2D eigenvalue weighted by atomic mass is 16.5. The molecule has 0 aliphatic carbocycles. The summed E-state index contributed by atoms with van der Waals surface area (Å²) in [6.45, 7) is 5.02. The topological polar surface area (TPSA) is 44.5 Å². The molecule has 2 fully saturated rings. The molecule has 4 atom stereocenters. The fourth-order valence-electron chi connectivity index (χ4n) is 3.20. The zero-order chi connectivity index (χ0) is 12.1. The van der Waals surface area contributed by atoms with Gasteiger partial charge < -0.3 is 15.2 Å². The molecule has 17 heavy (non-hydrogen) atoms. The molecular formula is C14H27NO2. The molecular weight excluding hydrogens is 214 g/mol. The van der Waals surface area contributed by atoms with Gasteiger partial charge in [0.1, 0.15) is 0 Å². The predicted molar refractivity (Wildman–Crippen MR) is 68.9 cm³/mol. The van der Waals surface area contributed by atoms with E-state index in [2.05, 4.69) is 6.92 Å². The van der Waals surface area contributed by atoms with Crippen LogP contribution < -0.4 is 5.73 Å². The molecule has 0 aromatic carbocycles. The van der Waals surface area contributed by atoms with Gasteiger partial charge in [-0.05, 0) is 50.4 Å². The fraction of sp³-hybridized carbons (Fsp3) is 1.00. The van der Waals surface area contributed by atoms with Gasteiger partial charge in [0.25, 0.3) is 0 Å². The Hall–Kier alpha value is -0.120. The lowest BCUT2D eigenvalue weighted by Gasteiger charge is -2.33. The first-order valence-electron chi connectivity index (χ1n) is 7.22. The Balaban J connectivity index is 1.63. The van der Waals surface area contributed by atoms with E-state index in [4.69, 9.17) is 15.2 Å². The van der Waals surface area contributed by atoms with E-state index >= 15 is 0 Å². The molecule has 4 unspecified atom stereocenters. The second kappa shape index (κ2) is 6.72. The van der Waals surface area contributed by atoms with Crippen LogP contribution in [0.15, 0.2) is 0 Å². The minimum Gasteiger partial charge on any atom is -0.381 e. The Morgan fingerprint density at radius 1 is 1.29 bits per heavy atom. The number of hydrogen-bond acceptors (Lipinski definition) is 3. The van der Waals surface area contributed by atoms with Crippen molar-refractivity contribution in [2.75, 3.05) is 19.8 Å². The normalized spacial score (nSPS) is 36.0. The molecule has 3 nitrogen and oxygen atoms in total. The van der Waals surface area contributed by atoms with Gasteiger partial charge in [0.2, 0.25) is 0 Å². The lowest BCUT2D eigenvalue weighted by Crippen LogP contribution is -2.39. The third kappa shape index (κ3) is 3.94. The third-order valence-corrected chi connectivity index (χ3v) is 4.34. The summed E-state index contributed by atoms with van der Waals surface area (Å²) in [6, 6.07) is 0.357. The molecule has 2 heterocycles. The van der Waals surface area contributed by atoms with Gasteiger partial charge in [-0.1, -0.05) is 6.92 Å². The van der Waals surface area contributed by atoms with Crippen molar-refractivity contribution in [3.63, 3.8) is 0 Å². The highest BCUT2D eigenvalue weighted by Gasteiger charge is 2.27. The first-order chi connectivity index (χ1) is 8.27. The van der Waals surface area contributed by atoms with Crippen LogP contribution in [-0.4, -0.2) is 32.0 Å². The summed E-state index contributed by atoms with van der Waals surface area (Å²) in [7, 11) is 0. The van der Waals surface area contributed by atoms with Crippen molar-refractivity contribution in [1.29, 1.82) is 0 Å². The van der Waals surface area contributed by atoms with Crippen LogP contribution in [0.25, 0.3) is 0 Å². The fourth-order valence-corrected chi connectivity index (χ4v) is 3.20. The predicted octanol–water partition coefficient (Wildman–Crippen LogP) is 2.34. The largest absolute Gasteiger partial charge is 0.381 e. The molecule has 0 saturated carbocycles. The minimum absolute atomic E-state index is 0.357. The number of ether oxygens (including phenoxy) is 2. The molecule has 0 amide bonds. The van der Waals surface area contributed by atoms with Gasteiger partial charge in [0.15, 0.2) is 0 Å². The Labute approximate surface area is 105 Å². The Morgan fingerprint density at radius 2 is 2.18 bits per heavy atom. The van der Waals surface area contributed by atoms with E-state index in [1.165, 1.54) is 25.7 Å². The van der Waals surface area contributed by atoms with E-state index in [0.29, 0.717) is 24.0 Å². The summed E-state index contributed by atoms with van der Waals surface area (Å²) < 4.78 is 11.1. The molecule has 100 valence electrons. The monoisotopic (exact) mass is 241 g/mol. The lowest BCUT2D eigenvalue weighted by molar-refractivity contribution is 0.0139. The Kier molecular flexibility index (Phi) is 5.26. The highest BCUT2D eigenvalue weighted by molar-refractivity contribution is 4.80. The lowest BCUT2D eigenvalue weighted by atomic mass is 9.82. The number of rotatable bonds is 5. The minimum atomic E-state index is 0.357. The van der Waals surface area contributed by atoms with Crippen LogP contribution >= 0.6 is 0 Å². The van der Waals surface area contributed by atoms with Gasteiger partial charge in [0, 0.05) is 25.9 Å². The summed E-state index contributed by atoms with van der Waals surface area (Å²) in [6.07, 6.45) is 7.73. The molecule has 2 aliphatic heterocycles. The van der Waals surface area contributed by atoms with Gasteiger partial charge in [-0.3, -0.25) is 0 Å². The highest BCUT2D eigenvalue weighted by Crippen LogP contribution is 2.27. The zero-order valence-corrected chi connectivity index (χ0v) is 11.1. The van der Waals surface area contributed by atoms with Gasteiger partial charge in [-0.25, -0.2) is 0 Å². The van der Waals surface area contributed by atoms with Gasteiger partial charge >= 0.3 is 0 Å². The standard InChI is InChI=1S/C14H27NO2/c1-11-10-16-9-7-13(11)14(15)6-2-4-12-5-3-8-17-12/h11-14H,2-10,15H2,1H3. The summed E-state index contributed by atoms with van der Waals surface area (Å²) in [4.78, 5) is 0. The van der Waals surface area contributed by atoms with E-state index < -0.39 is 0 Å². The van der Waals surface area contributed by atoms with Gasteiger partial charge in [0.05, 0.1) is 6.10 Å². The first kappa shape index (κ1) is 13.3. The summed E-state index contributed by atoms with van der Waals surface area (Å²) in [5.41, 5.74) is 6.33. The summed E-state index contributed by atoms with van der Waals surface area (Å²) in [5, 5.41) is 0. The molecule has 0 aromatic heterocycles. The van der Waals surface area contributed by atoms with Gasteiger partial charge in [-0.15, -0.1) is 0 Å². The van der Waals surface area contributed by atoms with Crippen molar-refractivity contribution in [3.8, 4) is 0 Å². The third-order valence-electron chi connectivity index (χ3n) is 4.34. The molecule has 2 rings (SSSR count). The van der Waals surface area contributed by atoms with Crippen molar-refractivity contribution >= 4 is 0 Å². The van der Waals surface area contributed by atoms with Crippen molar-refractivity contribution in [1.82, 2.24) is 0 Å². The van der Waals surface area contributed by atoms with Crippen LogP contribution in [-0.2, 0) is 9.47 Å². The molecule has 3 heteroatoms. The Bertz CT molecular complexity index is 216. The summed E-state index contributed by atoms with van der Waals surface area (Å²) >= 11 is 0. The molecule has 2 N–H and O–H groups in total. The maximum absolute atomic E-state index is 6.33. The van der Waals surface area contributed by atoms with Gasteiger partial charge in [-0.2, -0.15) is 0 Å². The summed E-state index contributed by atoms with van der Waals surface area (Å²) in [5.74, 6) is 1.29. The maximum Gasteiger partial charge on any atom is 0.0576 e. The number of hydrogen-bond donors (Lipinski definition) is 1. The first-order valence-corrected chi connectivity index (χ1v) is 7.22. The second-order valence-corrected chi connectivity index (χ2v) is 5.73. The molecule has 0 spiro atoms. The average molecular weight is 241 g/mol. The molecule has 2 aliphatic rings. The SMILES string of the molecule is CC1COCCC1C(N)CCCC1CCCO1. The van der Waals surface area contributed by atoms with E-state index in [-0.39, 0.29) is 0 Å². The van der Waals surface area contributed by atoms with E-state index in [1.54, 1.807) is 0 Å². The van der Waals surface area contributed by atoms with Crippen LogP contribution in [0.4, 0.5) is 0 Å². The van der Waals surface area contributed by atoms with Crippen LogP contribution in [0.5, 0.6) is 0 Å². The zero-order valence-electron chi connectivity index (χ0n) is 11.1. The Morgan fingerprint density at radius 3 is 2.88 bits per heavy atom. The average Bonchev–Trinajstić information content (AvgIpc) is 2.82. The van der Waals surface area contributed by atoms with Crippen LogP contribution in [0.2, 0.25) is 0 Å². The molecule has 0 radical (unpaired) electrons. The molecule has 0 bridgehead atoms. The van der Waals surface area contributed by atoms with Crippen LogP contribution in [0.1, 0.15) is 45.4 Å². The van der Waals surface area contributed by atoms with Crippen molar-refractivity contribution in [2.24, 2.45) is 17.6 Å². The maximum atomic E-state index is 6.33. The van der Waals surface area contributed by atoms with E-state index in [1.807, 2.05) is 0 Å². The molecule has 2 saturated heterocycles. The quantitative estimate of drug-likeness (QED) is 0.803. The van der Waals surface area contributed by atoms with Crippen molar-refractivity contribution in [2.45, 2.75) is 57.6 Å². The second-order valence-electron chi connectivity index (χ2n) is 5.73. The molecule has 0 aromatic rings. The van der Waals surface area contributed by atoms with Crippen molar-refractivity contribution in [3.05, 3.63) is 0 Å². The van der Waals surface area contributed by atoms with E-state index in [0.717, 1.165) is 32.7 Å². The van der Waals surface area contributed by atoms with Crippen LogP contribution in [0.3, 0.4) is 0 Å². The van der Waals surface area contributed by atoms with E-state index in [9.17, 15) is 0 Å². The van der Waals surface area contributed by atoms with Crippen molar-refractivity contribution < 1.29 is 9.47 Å². The smallest absolute Gasteiger partial charge is 0.0576 e.